The number of esters is 1. The van der Waals surface area contributed by atoms with Crippen LogP contribution in [-0.2, 0) is 16.0 Å². The minimum atomic E-state index is -0.567. The summed E-state index contributed by atoms with van der Waals surface area (Å²) in [5.74, 6) is -1.00. The summed E-state index contributed by atoms with van der Waals surface area (Å²) in [6.45, 7) is 4.16. The number of H-pyrrole nitrogens is 1. The highest BCUT2D eigenvalue weighted by Crippen LogP contribution is 2.20. The van der Waals surface area contributed by atoms with Crippen LogP contribution in [0.3, 0.4) is 0 Å². The Bertz CT molecular complexity index is 827. The monoisotopic (exact) mass is 371 g/mol. The summed E-state index contributed by atoms with van der Waals surface area (Å²) in [4.78, 5) is 41.0. The first-order valence-electron chi connectivity index (χ1n) is 8.68. The maximum atomic E-state index is 12.3. The molecular weight excluding hydrogens is 346 g/mol. The Hall–Kier alpha value is -3.09. The van der Waals surface area contributed by atoms with Crippen molar-refractivity contribution in [3.05, 3.63) is 52.8 Å². The molecule has 2 aromatic rings. The number of anilines is 1. The zero-order valence-electron chi connectivity index (χ0n) is 16.1. The van der Waals surface area contributed by atoms with Gasteiger partial charge in [0.15, 0.2) is 5.78 Å². The summed E-state index contributed by atoms with van der Waals surface area (Å²) >= 11 is 0. The maximum Gasteiger partial charge on any atom is 0.339 e. The van der Waals surface area contributed by atoms with Crippen LogP contribution in [-0.4, -0.2) is 49.9 Å². The van der Waals surface area contributed by atoms with Crippen LogP contribution in [0, 0.1) is 6.92 Å². The van der Waals surface area contributed by atoms with Crippen LogP contribution in [0.25, 0.3) is 0 Å². The number of aromatic amines is 1. The lowest BCUT2D eigenvalue weighted by atomic mass is 10.1. The zero-order chi connectivity index (χ0) is 20.0. The van der Waals surface area contributed by atoms with Gasteiger partial charge in [-0.2, -0.15) is 0 Å². The lowest BCUT2D eigenvalue weighted by Gasteiger charge is -2.19. The SMILES string of the molecule is COC(=O)c1c(CC(=O)NCCN(C)c2ccccc2)[nH]c(C(C)=O)c1C. The van der Waals surface area contributed by atoms with Gasteiger partial charge in [0.2, 0.25) is 5.91 Å². The average molecular weight is 371 g/mol. The molecule has 144 valence electrons. The molecule has 7 heteroatoms. The van der Waals surface area contributed by atoms with Crippen molar-refractivity contribution >= 4 is 23.3 Å². The number of benzene rings is 1. The number of hydrogen-bond acceptors (Lipinski definition) is 5. The van der Waals surface area contributed by atoms with Crippen molar-refractivity contribution in [2.24, 2.45) is 0 Å². The summed E-state index contributed by atoms with van der Waals surface area (Å²) in [7, 11) is 3.22. The van der Waals surface area contributed by atoms with Gasteiger partial charge in [-0.3, -0.25) is 9.59 Å². The summed E-state index contributed by atoms with van der Waals surface area (Å²) in [5, 5.41) is 2.84. The third-order valence-electron chi connectivity index (χ3n) is 4.37. The number of ether oxygens (including phenoxy) is 1. The Morgan fingerprint density at radius 1 is 1.19 bits per heavy atom. The van der Waals surface area contributed by atoms with Gasteiger partial charge in [0, 0.05) is 38.4 Å². The number of aromatic nitrogens is 1. The first-order chi connectivity index (χ1) is 12.8. The number of ketones is 1. The van der Waals surface area contributed by atoms with Crippen LogP contribution in [0.5, 0.6) is 0 Å². The predicted molar refractivity (Wildman–Crippen MR) is 103 cm³/mol. The number of nitrogens with zero attached hydrogens (tertiary/aromatic N) is 1. The smallest absolute Gasteiger partial charge is 0.339 e. The van der Waals surface area contributed by atoms with E-state index in [1.165, 1.54) is 14.0 Å². The molecule has 0 saturated carbocycles. The summed E-state index contributed by atoms with van der Waals surface area (Å²) < 4.78 is 4.79. The molecule has 2 rings (SSSR count). The average Bonchev–Trinajstić information content (AvgIpc) is 2.97. The minimum absolute atomic E-state index is 0.0341. The van der Waals surface area contributed by atoms with Crippen molar-refractivity contribution < 1.29 is 19.1 Å². The summed E-state index contributed by atoms with van der Waals surface area (Å²) in [6, 6.07) is 9.86. The number of Topliss-reactive ketones (excluding diaryl/α,β-unsaturated/α-hetero) is 1. The number of hydrogen-bond donors (Lipinski definition) is 2. The Morgan fingerprint density at radius 2 is 1.85 bits per heavy atom. The van der Waals surface area contributed by atoms with E-state index in [-0.39, 0.29) is 23.7 Å². The number of para-hydroxylation sites is 1. The number of carbonyl (C=O) groups excluding carboxylic acids is 3. The first kappa shape index (κ1) is 20.2. The van der Waals surface area contributed by atoms with Gasteiger partial charge in [-0.1, -0.05) is 18.2 Å². The first-order valence-corrected chi connectivity index (χ1v) is 8.68. The van der Waals surface area contributed by atoms with E-state index in [9.17, 15) is 14.4 Å². The van der Waals surface area contributed by atoms with E-state index in [0.29, 0.717) is 30.0 Å². The molecule has 0 aliphatic rings. The van der Waals surface area contributed by atoms with Gasteiger partial charge in [0.1, 0.15) is 0 Å². The van der Waals surface area contributed by atoms with Crippen molar-refractivity contribution in [3.8, 4) is 0 Å². The van der Waals surface area contributed by atoms with E-state index in [4.69, 9.17) is 4.74 Å². The fourth-order valence-electron chi connectivity index (χ4n) is 2.92. The van der Waals surface area contributed by atoms with Crippen LogP contribution in [0.15, 0.2) is 30.3 Å². The molecule has 0 bridgehead atoms. The van der Waals surface area contributed by atoms with E-state index in [1.807, 2.05) is 42.3 Å². The molecule has 1 amide bonds. The molecule has 0 aliphatic heterocycles. The van der Waals surface area contributed by atoms with Crippen molar-refractivity contribution in [2.75, 3.05) is 32.1 Å². The molecule has 7 nitrogen and oxygen atoms in total. The Labute approximate surface area is 158 Å². The van der Waals surface area contributed by atoms with Crippen molar-refractivity contribution in [1.82, 2.24) is 10.3 Å². The lowest BCUT2D eigenvalue weighted by molar-refractivity contribution is -0.120. The zero-order valence-corrected chi connectivity index (χ0v) is 16.1. The third kappa shape index (κ3) is 4.97. The molecule has 1 heterocycles. The molecule has 0 saturated heterocycles. The highest BCUT2D eigenvalue weighted by molar-refractivity contribution is 6.01. The normalized spacial score (nSPS) is 10.4. The summed E-state index contributed by atoms with van der Waals surface area (Å²) in [5.41, 5.74) is 2.52. The molecule has 0 fully saturated rings. The van der Waals surface area contributed by atoms with Crippen LogP contribution in [0.2, 0.25) is 0 Å². The molecule has 2 N–H and O–H groups in total. The van der Waals surface area contributed by atoms with E-state index in [0.717, 1.165) is 5.69 Å². The number of methoxy groups -OCH3 is 1. The molecule has 0 radical (unpaired) electrons. The van der Waals surface area contributed by atoms with Gasteiger partial charge < -0.3 is 19.9 Å². The Balaban J connectivity index is 2.00. The molecule has 27 heavy (non-hydrogen) atoms. The van der Waals surface area contributed by atoms with Crippen molar-refractivity contribution in [1.29, 1.82) is 0 Å². The molecular formula is C20H25N3O4. The van der Waals surface area contributed by atoms with E-state index >= 15 is 0 Å². The summed E-state index contributed by atoms with van der Waals surface area (Å²) in [6.07, 6.45) is -0.0341. The van der Waals surface area contributed by atoms with Crippen molar-refractivity contribution in [3.63, 3.8) is 0 Å². The number of amides is 1. The van der Waals surface area contributed by atoms with Crippen LogP contribution < -0.4 is 10.2 Å². The van der Waals surface area contributed by atoms with Crippen LogP contribution >= 0.6 is 0 Å². The minimum Gasteiger partial charge on any atom is -0.465 e. The molecule has 1 aromatic heterocycles. The third-order valence-corrected chi connectivity index (χ3v) is 4.37. The predicted octanol–water partition coefficient (Wildman–Crippen LogP) is 2.11. The van der Waals surface area contributed by atoms with Crippen LogP contribution in [0.4, 0.5) is 5.69 Å². The molecule has 0 aliphatic carbocycles. The second-order valence-corrected chi connectivity index (χ2v) is 6.31. The highest BCUT2D eigenvalue weighted by Gasteiger charge is 2.24. The molecule has 0 atom stereocenters. The number of likely N-dealkylation sites (N-methyl/N-ethyl adjacent to an activating group) is 1. The molecule has 1 aromatic carbocycles. The van der Waals surface area contributed by atoms with Gasteiger partial charge in [0.05, 0.1) is 24.8 Å². The van der Waals surface area contributed by atoms with Gasteiger partial charge in [-0.15, -0.1) is 0 Å². The lowest BCUT2D eigenvalue weighted by Crippen LogP contribution is -2.34. The van der Waals surface area contributed by atoms with Gasteiger partial charge in [-0.05, 0) is 24.6 Å². The quantitative estimate of drug-likeness (QED) is 0.548. The molecule has 0 unspecified atom stereocenters. The maximum absolute atomic E-state index is 12.3. The Kier molecular flexibility index (Phi) is 6.76. The largest absolute Gasteiger partial charge is 0.465 e. The Morgan fingerprint density at radius 3 is 2.44 bits per heavy atom. The topological polar surface area (TPSA) is 91.5 Å². The molecule has 0 spiro atoms. The highest BCUT2D eigenvalue weighted by atomic mass is 16.5. The number of nitrogens with one attached hydrogen (secondary N) is 2. The fraction of sp³-hybridized carbons (Fsp3) is 0.350. The van der Waals surface area contributed by atoms with Gasteiger partial charge in [0.25, 0.3) is 0 Å². The fourth-order valence-corrected chi connectivity index (χ4v) is 2.92. The van der Waals surface area contributed by atoms with Gasteiger partial charge >= 0.3 is 5.97 Å². The number of carbonyl (C=O) groups is 3. The van der Waals surface area contributed by atoms with Crippen LogP contribution in [0.1, 0.15) is 39.0 Å². The van der Waals surface area contributed by atoms with Crippen molar-refractivity contribution in [2.45, 2.75) is 20.3 Å². The van der Waals surface area contributed by atoms with E-state index in [2.05, 4.69) is 10.3 Å². The van der Waals surface area contributed by atoms with E-state index in [1.54, 1.807) is 6.92 Å². The number of rotatable bonds is 8. The standard InChI is InChI=1S/C20H25N3O4/c1-13-18(20(26)27-4)16(22-19(13)14(2)24)12-17(25)21-10-11-23(3)15-8-6-5-7-9-15/h5-9,22H,10-12H2,1-4H3,(H,21,25). The second-order valence-electron chi connectivity index (χ2n) is 6.31. The van der Waals surface area contributed by atoms with E-state index < -0.39 is 5.97 Å². The second kappa shape index (κ2) is 9.02. The van der Waals surface area contributed by atoms with Gasteiger partial charge in [-0.25, -0.2) is 4.79 Å².